The molecule has 7 nitrogen and oxygen atoms in total. The van der Waals surface area contributed by atoms with Gasteiger partial charge in [0.25, 0.3) is 5.56 Å². The predicted molar refractivity (Wildman–Crippen MR) is 64.4 cm³/mol. The number of hydrogen-bond acceptors (Lipinski definition) is 6. The Morgan fingerprint density at radius 3 is 2.35 bits per heavy atom. The van der Waals surface area contributed by atoms with Gasteiger partial charge in [-0.15, -0.1) is 0 Å². The molecule has 0 radical (unpaired) electrons. The Morgan fingerprint density at radius 1 is 1.29 bits per heavy atom. The van der Waals surface area contributed by atoms with Gasteiger partial charge in [-0.1, -0.05) is 0 Å². The van der Waals surface area contributed by atoms with Crippen LogP contribution in [-0.2, 0) is 15.9 Å². The second-order valence-electron chi connectivity index (χ2n) is 3.36. The Balaban J connectivity index is 2.89. The first-order valence-electron chi connectivity index (χ1n) is 5.45. The molecule has 0 spiro atoms. The van der Waals surface area contributed by atoms with Crippen LogP contribution in [0.4, 0.5) is 11.8 Å². The van der Waals surface area contributed by atoms with Crippen LogP contribution >= 0.6 is 0 Å². The average molecular weight is 242 g/mol. The summed E-state index contributed by atoms with van der Waals surface area (Å²) in [5, 5.41) is 0. The van der Waals surface area contributed by atoms with E-state index >= 15 is 0 Å². The molecule has 1 heterocycles. The van der Waals surface area contributed by atoms with Crippen LogP contribution in [0.25, 0.3) is 0 Å². The van der Waals surface area contributed by atoms with Crippen LogP contribution in [0.15, 0.2) is 4.79 Å². The van der Waals surface area contributed by atoms with Crippen molar-refractivity contribution in [2.45, 2.75) is 26.6 Å². The molecule has 0 unspecified atom stereocenters. The molecule has 1 aromatic rings. The number of aromatic amines is 1. The summed E-state index contributed by atoms with van der Waals surface area (Å²) in [6.07, 6.45) is -0.255. The fourth-order valence-corrected chi connectivity index (χ4v) is 1.43. The van der Waals surface area contributed by atoms with E-state index in [2.05, 4.69) is 9.97 Å². The van der Waals surface area contributed by atoms with Crippen LogP contribution in [-0.4, -0.2) is 29.5 Å². The fourth-order valence-electron chi connectivity index (χ4n) is 1.43. The molecule has 0 amide bonds. The van der Waals surface area contributed by atoms with Crippen molar-refractivity contribution in [2.75, 3.05) is 24.7 Å². The molecule has 5 N–H and O–H groups in total. The Kier molecular flexibility index (Phi) is 4.92. The van der Waals surface area contributed by atoms with Crippen LogP contribution in [0.1, 0.15) is 19.4 Å². The van der Waals surface area contributed by atoms with E-state index in [1.54, 1.807) is 0 Å². The van der Waals surface area contributed by atoms with Crippen molar-refractivity contribution in [3.05, 3.63) is 15.9 Å². The van der Waals surface area contributed by atoms with Crippen LogP contribution in [0.2, 0.25) is 0 Å². The van der Waals surface area contributed by atoms with Gasteiger partial charge in [0.05, 0.1) is 5.56 Å². The van der Waals surface area contributed by atoms with E-state index in [9.17, 15) is 4.79 Å². The van der Waals surface area contributed by atoms with Gasteiger partial charge >= 0.3 is 0 Å². The second kappa shape index (κ2) is 6.21. The number of nitrogen functional groups attached to an aromatic ring is 2. The van der Waals surface area contributed by atoms with Crippen molar-refractivity contribution in [2.24, 2.45) is 0 Å². The predicted octanol–water partition coefficient (Wildman–Crippen LogP) is -0.124. The topological polar surface area (TPSA) is 116 Å². The highest BCUT2D eigenvalue weighted by molar-refractivity contribution is 5.41. The maximum Gasteiger partial charge on any atom is 0.257 e. The number of nitrogens with one attached hydrogen (secondary N) is 1. The van der Waals surface area contributed by atoms with Crippen molar-refractivity contribution < 1.29 is 9.47 Å². The fraction of sp³-hybridized carbons (Fsp3) is 0.600. The summed E-state index contributed by atoms with van der Waals surface area (Å²) in [6.45, 7) is 4.68. The molecule has 0 aromatic carbocycles. The molecule has 0 aliphatic carbocycles. The molecule has 0 atom stereocenters. The van der Waals surface area contributed by atoms with Gasteiger partial charge < -0.3 is 20.9 Å². The van der Waals surface area contributed by atoms with Gasteiger partial charge in [0.15, 0.2) is 6.29 Å². The molecule has 0 fully saturated rings. The molecule has 17 heavy (non-hydrogen) atoms. The van der Waals surface area contributed by atoms with E-state index < -0.39 is 6.29 Å². The molecular formula is C10H18N4O3. The van der Waals surface area contributed by atoms with Crippen LogP contribution in [0.5, 0.6) is 0 Å². The SMILES string of the molecule is CCOC(Cc1c(N)nc(N)[nH]c1=O)OCC. The summed E-state index contributed by atoms with van der Waals surface area (Å²) in [7, 11) is 0. The number of H-pyrrole nitrogens is 1. The summed E-state index contributed by atoms with van der Waals surface area (Å²) in [6, 6.07) is 0. The number of hydrogen-bond donors (Lipinski definition) is 3. The lowest BCUT2D eigenvalue weighted by molar-refractivity contribution is -0.134. The monoisotopic (exact) mass is 242 g/mol. The van der Waals surface area contributed by atoms with E-state index in [0.29, 0.717) is 18.8 Å². The minimum Gasteiger partial charge on any atom is -0.383 e. The first-order chi connectivity index (χ1) is 8.08. The van der Waals surface area contributed by atoms with E-state index in [-0.39, 0.29) is 23.7 Å². The van der Waals surface area contributed by atoms with E-state index in [1.807, 2.05) is 13.8 Å². The molecular weight excluding hydrogens is 224 g/mol. The lowest BCUT2D eigenvalue weighted by atomic mass is 10.2. The minimum absolute atomic E-state index is 0.000574. The second-order valence-corrected chi connectivity index (χ2v) is 3.36. The quantitative estimate of drug-likeness (QED) is 0.598. The van der Waals surface area contributed by atoms with E-state index in [0.717, 1.165) is 0 Å². The van der Waals surface area contributed by atoms with Crippen LogP contribution in [0, 0.1) is 0 Å². The molecule has 0 aliphatic heterocycles. The van der Waals surface area contributed by atoms with E-state index in [4.69, 9.17) is 20.9 Å². The van der Waals surface area contributed by atoms with Crippen molar-refractivity contribution >= 4 is 11.8 Å². The number of nitrogens with two attached hydrogens (primary N) is 2. The molecule has 0 saturated carbocycles. The summed E-state index contributed by atoms with van der Waals surface area (Å²) >= 11 is 0. The summed E-state index contributed by atoms with van der Waals surface area (Å²) in [5.74, 6) is 0.108. The van der Waals surface area contributed by atoms with Crippen molar-refractivity contribution in [3.8, 4) is 0 Å². The maximum atomic E-state index is 11.6. The summed E-state index contributed by atoms with van der Waals surface area (Å²) < 4.78 is 10.7. The summed E-state index contributed by atoms with van der Waals surface area (Å²) in [5.41, 5.74) is 11.0. The largest absolute Gasteiger partial charge is 0.383 e. The smallest absolute Gasteiger partial charge is 0.257 e. The highest BCUT2D eigenvalue weighted by Gasteiger charge is 2.15. The van der Waals surface area contributed by atoms with Gasteiger partial charge in [-0.3, -0.25) is 9.78 Å². The van der Waals surface area contributed by atoms with Crippen LogP contribution < -0.4 is 17.0 Å². The Labute approximate surface area is 99.1 Å². The number of nitrogens with zero attached hydrogens (tertiary/aromatic N) is 1. The molecule has 0 saturated heterocycles. The number of ether oxygens (including phenoxy) is 2. The first kappa shape index (κ1) is 13.5. The Morgan fingerprint density at radius 2 is 1.88 bits per heavy atom. The lowest BCUT2D eigenvalue weighted by Gasteiger charge is -2.16. The zero-order valence-corrected chi connectivity index (χ0v) is 10.0. The molecule has 96 valence electrons. The third-order valence-electron chi connectivity index (χ3n) is 2.14. The Hall–Kier alpha value is -1.60. The van der Waals surface area contributed by atoms with E-state index in [1.165, 1.54) is 0 Å². The van der Waals surface area contributed by atoms with Gasteiger partial charge in [0, 0.05) is 19.6 Å². The standard InChI is InChI=1S/C10H18N4O3/c1-3-16-7(17-4-2)5-6-8(11)13-10(12)14-9(6)15/h7H,3-5H2,1-2H3,(H5,11,12,13,14,15). The number of aromatic nitrogens is 2. The van der Waals surface area contributed by atoms with Crippen molar-refractivity contribution in [1.82, 2.24) is 9.97 Å². The highest BCUT2D eigenvalue weighted by Crippen LogP contribution is 2.09. The third-order valence-corrected chi connectivity index (χ3v) is 2.14. The zero-order valence-electron chi connectivity index (χ0n) is 10.0. The van der Waals surface area contributed by atoms with Gasteiger partial charge in [0.1, 0.15) is 5.82 Å². The van der Waals surface area contributed by atoms with Crippen molar-refractivity contribution in [3.63, 3.8) is 0 Å². The maximum absolute atomic E-state index is 11.6. The zero-order chi connectivity index (χ0) is 12.8. The molecule has 0 bridgehead atoms. The molecule has 0 aliphatic rings. The highest BCUT2D eigenvalue weighted by atomic mass is 16.7. The lowest BCUT2D eigenvalue weighted by Crippen LogP contribution is -2.27. The molecule has 7 heteroatoms. The Bertz CT molecular complexity index is 413. The third kappa shape index (κ3) is 3.72. The van der Waals surface area contributed by atoms with Gasteiger partial charge in [-0.25, -0.2) is 0 Å². The molecule has 1 aromatic heterocycles. The first-order valence-corrected chi connectivity index (χ1v) is 5.45. The average Bonchev–Trinajstić information content (AvgIpc) is 2.23. The van der Waals surface area contributed by atoms with Crippen molar-refractivity contribution in [1.29, 1.82) is 0 Å². The van der Waals surface area contributed by atoms with Gasteiger partial charge in [-0.05, 0) is 13.8 Å². The number of anilines is 2. The molecule has 1 rings (SSSR count). The number of rotatable bonds is 6. The summed E-state index contributed by atoms with van der Waals surface area (Å²) in [4.78, 5) is 17.8. The normalized spacial score (nSPS) is 11.0. The van der Waals surface area contributed by atoms with Crippen LogP contribution in [0.3, 0.4) is 0 Å². The minimum atomic E-state index is -0.501. The van der Waals surface area contributed by atoms with Gasteiger partial charge in [0.2, 0.25) is 5.95 Å². The van der Waals surface area contributed by atoms with Gasteiger partial charge in [-0.2, -0.15) is 4.98 Å².